The second kappa shape index (κ2) is 17.8. The number of anilines is 10. The normalized spacial score (nSPS) is 23.5. The Bertz CT molecular complexity index is 3840. The number of para-hydroxylation sites is 2. The van der Waals surface area contributed by atoms with Crippen LogP contribution in [0.15, 0.2) is 170 Å². The standard InChI is InChI=1S/C76H83BN4/c1-70(2,3)51-31-35-54(36-32-51)78-66-47-55(80-63-29-19-17-27-58(63)73(10)41-21-23-43-75(73,80)12)37-39-61(66)77-60-38-33-53(72(7,8)9)46-65(60)79(62-40-34-52(71(4,5)6)45-57(62)50-25-15-14-16-26-50)68-49-56(48-67(78)69(68)77)81-64-30-20-18-28-59(64)74(11)42-22-24-44-76(74,81)13/h14-20,25-40,45-49H,21-24,41-44H2,1-13H3. The minimum absolute atomic E-state index is 0.00126. The quantitative estimate of drug-likeness (QED) is 0.159. The topological polar surface area (TPSA) is 13.0 Å². The number of hydrogen-bond acceptors (Lipinski definition) is 4. The van der Waals surface area contributed by atoms with E-state index in [-0.39, 0.29) is 44.9 Å². The zero-order valence-electron chi connectivity index (χ0n) is 50.7. The lowest BCUT2D eigenvalue weighted by Gasteiger charge is -2.51. The van der Waals surface area contributed by atoms with Crippen LogP contribution in [0.5, 0.6) is 0 Å². The first-order chi connectivity index (χ1) is 38.5. The third kappa shape index (κ3) is 7.47. The van der Waals surface area contributed by atoms with E-state index in [1.54, 1.807) is 0 Å². The highest BCUT2D eigenvalue weighted by molar-refractivity contribution is 7.00. The Balaban J connectivity index is 1.11. The molecule has 2 fully saturated rings. The van der Waals surface area contributed by atoms with Crippen LogP contribution >= 0.6 is 0 Å². The molecule has 4 nitrogen and oxygen atoms in total. The van der Waals surface area contributed by atoms with Crippen molar-refractivity contribution in [2.24, 2.45) is 0 Å². The van der Waals surface area contributed by atoms with E-state index >= 15 is 0 Å². The van der Waals surface area contributed by atoms with Crippen LogP contribution in [0.3, 0.4) is 0 Å². The first-order valence-corrected chi connectivity index (χ1v) is 30.7. The zero-order chi connectivity index (χ0) is 56.4. The molecule has 0 radical (unpaired) electrons. The number of benzene rings is 8. The molecule has 0 aromatic heterocycles. The second-order valence-corrected chi connectivity index (χ2v) is 29.2. The molecule has 0 spiro atoms. The van der Waals surface area contributed by atoms with Gasteiger partial charge in [-0.2, -0.15) is 0 Å². The van der Waals surface area contributed by atoms with Gasteiger partial charge in [0.1, 0.15) is 0 Å². The van der Waals surface area contributed by atoms with E-state index in [2.05, 4.69) is 279 Å². The summed E-state index contributed by atoms with van der Waals surface area (Å²) < 4.78 is 0. The van der Waals surface area contributed by atoms with E-state index in [0.717, 1.165) is 12.8 Å². The summed E-state index contributed by atoms with van der Waals surface area (Å²) in [6, 6.07) is 67.5. The summed E-state index contributed by atoms with van der Waals surface area (Å²) >= 11 is 0. The van der Waals surface area contributed by atoms with Gasteiger partial charge >= 0.3 is 0 Å². The van der Waals surface area contributed by atoms with Crippen molar-refractivity contribution in [3.63, 3.8) is 0 Å². The fourth-order valence-electron chi connectivity index (χ4n) is 16.6. The monoisotopic (exact) mass is 1060 g/mol. The number of fused-ring (bicyclic) bond motifs is 10. The Kier molecular flexibility index (Phi) is 11.4. The molecule has 6 aliphatic rings. The summed E-state index contributed by atoms with van der Waals surface area (Å²) in [6.45, 7) is 31.5. The van der Waals surface area contributed by atoms with Crippen LogP contribution in [0.25, 0.3) is 11.1 Å². The summed E-state index contributed by atoms with van der Waals surface area (Å²) in [4.78, 5) is 11.0. The summed E-state index contributed by atoms with van der Waals surface area (Å²) in [7, 11) is 0. The molecule has 4 aliphatic heterocycles. The predicted octanol–water partition coefficient (Wildman–Crippen LogP) is 18.8. The summed E-state index contributed by atoms with van der Waals surface area (Å²) in [5, 5.41) is 0. The van der Waals surface area contributed by atoms with Crippen molar-refractivity contribution < 1.29 is 0 Å². The summed E-state index contributed by atoms with van der Waals surface area (Å²) in [6.07, 6.45) is 9.61. The van der Waals surface area contributed by atoms with Gasteiger partial charge < -0.3 is 19.6 Å². The first kappa shape index (κ1) is 52.1. The van der Waals surface area contributed by atoms with E-state index in [0.29, 0.717) is 0 Å². The van der Waals surface area contributed by atoms with Crippen LogP contribution in [0.4, 0.5) is 56.9 Å². The van der Waals surface area contributed by atoms with Gasteiger partial charge in [0.2, 0.25) is 0 Å². The second-order valence-electron chi connectivity index (χ2n) is 29.2. The molecule has 2 saturated carbocycles. The Morgan fingerprint density at radius 1 is 0.358 bits per heavy atom. The van der Waals surface area contributed by atoms with E-state index in [9.17, 15) is 0 Å². The fraction of sp³-hybridized carbons (Fsp3) is 0.368. The smallest absolute Gasteiger partial charge is 0.252 e. The molecule has 4 heterocycles. The van der Waals surface area contributed by atoms with Gasteiger partial charge in [0, 0.05) is 67.6 Å². The van der Waals surface area contributed by atoms with Crippen molar-refractivity contribution in [1.29, 1.82) is 0 Å². The van der Waals surface area contributed by atoms with Crippen LogP contribution in [0.1, 0.15) is 169 Å². The van der Waals surface area contributed by atoms with Crippen LogP contribution in [-0.4, -0.2) is 17.8 Å². The van der Waals surface area contributed by atoms with Crippen molar-refractivity contribution in [2.75, 3.05) is 19.6 Å². The highest BCUT2D eigenvalue weighted by Crippen LogP contribution is 2.64. The third-order valence-electron chi connectivity index (χ3n) is 21.6. The maximum absolute atomic E-state index is 2.83. The molecule has 8 aromatic rings. The molecule has 2 aliphatic carbocycles. The average Bonchev–Trinajstić information content (AvgIpc) is 2.72. The van der Waals surface area contributed by atoms with E-state index in [4.69, 9.17) is 0 Å². The summed E-state index contributed by atoms with van der Waals surface area (Å²) in [5.41, 5.74) is 25.8. The highest BCUT2D eigenvalue weighted by atomic mass is 15.3. The van der Waals surface area contributed by atoms with Gasteiger partial charge in [-0.15, -0.1) is 0 Å². The van der Waals surface area contributed by atoms with Crippen molar-refractivity contribution in [3.8, 4) is 11.1 Å². The van der Waals surface area contributed by atoms with E-state index < -0.39 is 0 Å². The first-order valence-electron chi connectivity index (χ1n) is 30.7. The molecule has 4 unspecified atom stereocenters. The number of nitrogens with zero attached hydrogens (tertiary/aromatic N) is 4. The molecule has 14 rings (SSSR count). The Morgan fingerprint density at radius 3 is 1.38 bits per heavy atom. The lowest BCUT2D eigenvalue weighted by molar-refractivity contribution is 0.195. The largest absolute Gasteiger partial charge is 0.334 e. The summed E-state index contributed by atoms with van der Waals surface area (Å²) in [5.74, 6) is 0. The van der Waals surface area contributed by atoms with Crippen molar-refractivity contribution in [1.82, 2.24) is 0 Å². The molecule has 0 saturated heterocycles. The Hall–Kier alpha value is -6.98. The Morgan fingerprint density at radius 2 is 0.802 bits per heavy atom. The van der Waals surface area contributed by atoms with Gasteiger partial charge in [-0.25, -0.2) is 0 Å². The van der Waals surface area contributed by atoms with Gasteiger partial charge in [0.15, 0.2) is 0 Å². The van der Waals surface area contributed by atoms with Gasteiger partial charge in [0.25, 0.3) is 6.71 Å². The zero-order valence-corrected chi connectivity index (χ0v) is 50.7. The van der Waals surface area contributed by atoms with Crippen LogP contribution in [0.2, 0.25) is 0 Å². The fourth-order valence-corrected chi connectivity index (χ4v) is 16.6. The Labute approximate surface area is 485 Å². The predicted molar refractivity (Wildman–Crippen MR) is 348 cm³/mol. The van der Waals surface area contributed by atoms with E-state index in [1.807, 2.05) is 0 Å². The van der Waals surface area contributed by atoms with Gasteiger partial charge in [0.05, 0.1) is 16.8 Å². The van der Waals surface area contributed by atoms with Gasteiger partial charge in [-0.3, -0.25) is 0 Å². The highest BCUT2D eigenvalue weighted by Gasteiger charge is 2.60. The SMILES string of the molecule is CC(C)(C)c1ccc(N2c3cc(N4c5ccccc5C5(C)CCCCC45C)ccc3B3c4ccc(C(C)(C)C)cc4N(c4ccc(C(C)(C)C)cc4-c4ccccc4)c4cc(N5c6ccccc6C6(C)CCCCC56C)cc2c43)cc1. The van der Waals surface area contributed by atoms with Crippen molar-refractivity contribution in [3.05, 3.63) is 198 Å². The van der Waals surface area contributed by atoms with Crippen molar-refractivity contribution in [2.45, 2.75) is 180 Å². The third-order valence-corrected chi connectivity index (χ3v) is 21.6. The molecule has 4 atom stereocenters. The maximum Gasteiger partial charge on any atom is 0.252 e. The number of hydrogen-bond donors (Lipinski definition) is 0. The minimum Gasteiger partial charge on any atom is -0.334 e. The maximum atomic E-state index is 2.83. The molecule has 0 amide bonds. The molecular weight excluding hydrogens is 980 g/mol. The van der Waals surface area contributed by atoms with E-state index in [1.165, 1.54) is 151 Å². The molecule has 0 N–H and O–H groups in total. The lowest BCUT2D eigenvalue weighted by atomic mass is 9.33. The van der Waals surface area contributed by atoms with Gasteiger partial charge in [-0.1, -0.05) is 205 Å². The molecular formula is C76H83BN4. The van der Waals surface area contributed by atoms with Gasteiger partial charge in [-0.05, 0) is 172 Å². The minimum atomic E-state index is -0.153. The lowest BCUT2D eigenvalue weighted by Crippen LogP contribution is -2.61. The molecule has 5 heteroatoms. The van der Waals surface area contributed by atoms with Crippen LogP contribution in [0, 0.1) is 0 Å². The molecule has 81 heavy (non-hydrogen) atoms. The van der Waals surface area contributed by atoms with Crippen molar-refractivity contribution >= 4 is 80.0 Å². The number of rotatable bonds is 5. The molecule has 410 valence electrons. The molecule has 0 bridgehead atoms. The average molecular weight is 1060 g/mol. The molecule has 8 aromatic carbocycles. The van der Waals surface area contributed by atoms with Crippen LogP contribution in [-0.2, 0) is 27.1 Å². The van der Waals surface area contributed by atoms with Crippen LogP contribution < -0.4 is 36.0 Å².